The Morgan fingerprint density at radius 3 is 1.95 bits per heavy atom. The number of hydrogen-bond donors (Lipinski definition) is 1. The van der Waals surface area contributed by atoms with Crippen LogP contribution in [0.2, 0.25) is 0 Å². The Balaban J connectivity index is 2.63. The Labute approximate surface area is 110 Å². The molecule has 2 nitrogen and oxygen atoms in total. The van der Waals surface area contributed by atoms with Gasteiger partial charge in [-0.15, -0.1) is 0 Å². The van der Waals surface area contributed by atoms with Crippen LogP contribution in [-0.4, -0.2) is 18.2 Å². The number of amidine groups is 1. The molecule has 0 fully saturated rings. The Hall–Kier alpha value is -1.73. The van der Waals surface area contributed by atoms with E-state index in [2.05, 4.69) is 4.99 Å². The van der Waals surface area contributed by atoms with E-state index in [4.69, 9.17) is 5.73 Å². The molecule has 1 heterocycles. The minimum Gasteiger partial charge on any atom is -0.387 e. The lowest BCUT2D eigenvalue weighted by Gasteiger charge is -2.37. The van der Waals surface area contributed by atoms with E-state index in [1.54, 1.807) is 0 Å². The number of nitrogens with zero attached hydrogens (tertiary/aromatic N) is 1. The van der Waals surface area contributed by atoms with Crippen LogP contribution in [0.1, 0.15) is 18.0 Å². The second kappa shape index (κ2) is 4.39. The Morgan fingerprint density at radius 1 is 1.00 bits per heavy atom. The fourth-order valence-electron chi connectivity index (χ4n) is 2.37. The molecule has 1 aromatic rings. The lowest BCUT2D eigenvalue weighted by molar-refractivity contribution is -0.343. The van der Waals surface area contributed by atoms with Crippen LogP contribution in [0, 0.1) is 5.41 Å². The summed E-state index contributed by atoms with van der Waals surface area (Å²) in [4.78, 5) is 3.40. The Kier molecular flexibility index (Phi) is 3.22. The van der Waals surface area contributed by atoms with Crippen molar-refractivity contribution in [2.75, 3.05) is 0 Å². The summed E-state index contributed by atoms with van der Waals surface area (Å²) in [6, 6.07) is 4.46. The predicted molar refractivity (Wildman–Crippen MR) is 60.0 cm³/mol. The third-order valence-corrected chi connectivity index (χ3v) is 3.35. The summed E-state index contributed by atoms with van der Waals surface area (Å²) in [6.07, 6.45) is -12.4. The molecule has 110 valence electrons. The standard InChI is InChI=1S/C12H10F6N2/c13-11(14,15)10(12(16,17)18)6-8(19)20-9(10)7-4-2-1-3-5-7/h1-5,9H,6H2,(H2,19,20). The molecule has 2 rings (SSSR count). The molecule has 0 aliphatic carbocycles. The van der Waals surface area contributed by atoms with Gasteiger partial charge >= 0.3 is 12.4 Å². The molecule has 8 heteroatoms. The molecule has 0 saturated carbocycles. The van der Waals surface area contributed by atoms with Crippen LogP contribution >= 0.6 is 0 Å². The van der Waals surface area contributed by atoms with Gasteiger partial charge in [0, 0.05) is 6.42 Å². The van der Waals surface area contributed by atoms with Gasteiger partial charge in [-0.05, 0) is 5.56 Å². The van der Waals surface area contributed by atoms with Gasteiger partial charge in [-0.25, -0.2) is 0 Å². The first-order valence-electron chi connectivity index (χ1n) is 5.60. The number of aliphatic imine (C=N–C) groups is 1. The van der Waals surface area contributed by atoms with Crippen molar-refractivity contribution < 1.29 is 26.3 Å². The number of hydrogen-bond acceptors (Lipinski definition) is 2. The zero-order chi connectivity index (χ0) is 15.2. The maximum Gasteiger partial charge on any atom is 0.406 e. The number of alkyl halides is 6. The molecule has 0 radical (unpaired) electrons. The summed E-state index contributed by atoms with van der Waals surface area (Å²) in [5.74, 6) is -0.645. The van der Waals surface area contributed by atoms with E-state index in [-0.39, 0.29) is 5.56 Å². The quantitative estimate of drug-likeness (QED) is 0.790. The van der Waals surface area contributed by atoms with E-state index in [0.717, 1.165) is 0 Å². The molecular weight excluding hydrogens is 286 g/mol. The minimum atomic E-state index is -5.50. The van der Waals surface area contributed by atoms with Crippen molar-refractivity contribution in [3.63, 3.8) is 0 Å². The van der Waals surface area contributed by atoms with Crippen molar-refractivity contribution in [2.45, 2.75) is 24.8 Å². The highest BCUT2D eigenvalue weighted by atomic mass is 19.4. The van der Waals surface area contributed by atoms with Crippen molar-refractivity contribution in [3.05, 3.63) is 35.9 Å². The number of rotatable bonds is 1. The SMILES string of the molecule is NC1=NC(c2ccccc2)C(C(F)(F)F)(C(F)(F)F)C1. The van der Waals surface area contributed by atoms with E-state index in [9.17, 15) is 26.3 Å². The van der Waals surface area contributed by atoms with Gasteiger partial charge in [0.05, 0.1) is 5.84 Å². The molecule has 2 N–H and O–H groups in total. The van der Waals surface area contributed by atoms with E-state index in [1.807, 2.05) is 0 Å². The van der Waals surface area contributed by atoms with Gasteiger partial charge in [0.1, 0.15) is 6.04 Å². The van der Waals surface area contributed by atoms with Crippen LogP contribution < -0.4 is 5.73 Å². The zero-order valence-electron chi connectivity index (χ0n) is 9.96. The fraction of sp³-hybridized carbons (Fsp3) is 0.417. The van der Waals surface area contributed by atoms with Crippen molar-refractivity contribution >= 4 is 5.84 Å². The van der Waals surface area contributed by atoms with Crippen LogP contribution in [0.15, 0.2) is 35.3 Å². The van der Waals surface area contributed by atoms with Crippen molar-refractivity contribution in [1.29, 1.82) is 0 Å². The molecule has 0 aromatic heterocycles. The molecule has 0 bridgehead atoms. The van der Waals surface area contributed by atoms with E-state index in [0.29, 0.717) is 0 Å². The molecule has 1 aliphatic rings. The van der Waals surface area contributed by atoms with Crippen LogP contribution in [0.4, 0.5) is 26.3 Å². The predicted octanol–water partition coefficient (Wildman–Crippen LogP) is 3.60. The molecule has 0 saturated heterocycles. The van der Waals surface area contributed by atoms with Crippen LogP contribution in [-0.2, 0) is 0 Å². The number of benzene rings is 1. The second-order valence-electron chi connectivity index (χ2n) is 4.58. The number of nitrogens with two attached hydrogens (primary N) is 1. The van der Waals surface area contributed by atoms with E-state index >= 15 is 0 Å². The van der Waals surface area contributed by atoms with Gasteiger partial charge in [0.15, 0.2) is 5.41 Å². The summed E-state index contributed by atoms with van der Waals surface area (Å²) in [6.45, 7) is 0. The average molecular weight is 296 g/mol. The van der Waals surface area contributed by atoms with Gasteiger partial charge in [-0.2, -0.15) is 26.3 Å². The fourth-order valence-corrected chi connectivity index (χ4v) is 2.37. The lowest BCUT2D eigenvalue weighted by Crippen LogP contribution is -2.52. The van der Waals surface area contributed by atoms with Crippen molar-refractivity contribution in [3.8, 4) is 0 Å². The Morgan fingerprint density at radius 2 is 1.50 bits per heavy atom. The first-order chi connectivity index (χ1) is 9.09. The largest absolute Gasteiger partial charge is 0.406 e. The summed E-state index contributed by atoms with van der Waals surface area (Å²) < 4.78 is 79.0. The van der Waals surface area contributed by atoms with Gasteiger partial charge in [-0.3, -0.25) is 4.99 Å². The first-order valence-corrected chi connectivity index (χ1v) is 5.60. The summed E-state index contributed by atoms with van der Waals surface area (Å²) in [5, 5.41) is 0. The zero-order valence-corrected chi connectivity index (χ0v) is 9.96. The van der Waals surface area contributed by atoms with E-state index in [1.165, 1.54) is 30.3 Å². The van der Waals surface area contributed by atoms with Gasteiger partial charge in [-0.1, -0.05) is 30.3 Å². The normalized spacial score (nSPS) is 22.7. The highest BCUT2D eigenvalue weighted by Crippen LogP contribution is 2.62. The minimum absolute atomic E-state index is 0.164. The molecule has 1 atom stereocenters. The lowest BCUT2D eigenvalue weighted by atomic mass is 9.75. The maximum absolute atomic E-state index is 13.2. The molecule has 1 aromatic carbocycles. The second-order valence-corrected chi connectivity index (χ2v) is 4.58. The Bertz CT molecular complexity index is 503. The maximum atomic E-state index is 13.2. The smallest absolute Gasteiger partial charge is 0.387 e. The van der Waals surface area contributed by atoms with Gasteiger partial charge < -0.3 is 5.73 Å². The van der Waals surface area contributed by atoms with Gasteiger partial charge in [0.2, 0.25) is 0 Å². The average Bonchev–Trinajstić information content (AvgIpc) is 2.68. The third-order valence-electron chi connectivity index (χ3n) is 3.35. The monoisotopic (exact) mass is 296 g/mol. The molecule has 1 aliphatic heterocycles. The van der Waals surface area contributed by atoms with Gasteiger partial charge in [0.25, 0.3) is 0 Å². The summed E-state index contributed by atoms with van der Waals surface area (Å²) in [5.41, 5.74) is 1.05. The van der Waals surface area contributed by atoms with Crippen molar-refractivity contribution in [1.82, 2.24) is 0 Å². The first kappa shape index (κ1) is 14.7. The summed E-state index contributed by atoms with van der Waals surface area (Å²) in [7, 11) is 0. The molecule has 1 unspecified atom stereocenters. The highest BCUT2D eigenvalue weighted by molar-refractivity contribution is 5.84. The van der Waals surface area contributed by atoms with Crippen LogP contribution in [0.25, 0.3) is 0 Å². The molecule has 20 heavy (non-hydrogen) atoms. The summed E-state index contributed by atoms with van der Waals surface area (Å²) >= 11 is 0. The topological polar surface area (TPSA) is 38.4 Å². The van der Waals surface area contributed by atoms with E-state index < -0.39 is 36.1 Å². The third kappa shape index (κ3) is 2.03. The molecule has 0 amide bonds. The highest BCUT2D eigenvalue weighted by Gasteiger charge is 2.76. The molecule has 0 spiro atoms. The molecular formula is C12H10F6N2. The number of halogens is 6. The van der Waals surface area contributed by atoms with Crippen molar-refractivity contribution in [2.24, 2.45) is 16.1 Å². The van der Waals surface area contributed by atoms with Crippen LogP contribution in [0.3, 0.4) is 0 Å². The van der Waals surface area contributed by atoms with Crippen LogP contribution in [0.5, 0.6) is 0 Å².